The van der Waals surface area contributed by atoms with Crippen LogP contribution in [0.2, 0.25) is 0 Å². The Bertz CT molecular complexity index is 440. The molecule has 0 aromatic carbocycles. The highest BCUT2D eigenvalue weighted by atomic mass is 16.2. The standard InChI is InChI=1S/C14H22N4O/c1-3-7-16-8-5-9-17(12-11-16)14(19)13-6-10-18(4-2)15-13/h3,6,10H,1,4-5,7-9,11-12H2,2H3. The molecule has 2 heterocycles. The van der Waals surface area contributed by atoms with Gasteiger partial charge in [0.25, 0.3) is 5.91 Å². The minimum Gasteiger partial charge on any atom is -0.336 e. The molecule has 5 heteroatoms. The molecule has 0 N–H and O–H groups in total. The molecular formula is C14H22N4O. The van der Waals surface area contributed by atoms with E-state index < -0.39 is 0 Å². The highest BCUT2D eigenvalue weighted by molar-refractivity contribution is 5.92. The molecule has 1 saturated heterocycles. The first kappa shape index (κ1) is 13.8. The fourth-order valence-corrected chi connectivity index (χ4v) is 2.35. The summed E-state index contributed by atoms with van der Waals surface area (Å²) in [7, 11) is 0. The molecule has 104 valence electrons. The first-order valence-corrected chi connectivity index (χ1v) is 6.90. The van der Waals surface area contributed by atoms with Gasteiger partial charge in [-0.15, -0.1) is 6.58 Å². The molecule has 0 radical (unpaired) electrons. The molecule has 0 aliphatic carbocycles. The molecule has 1 amide bonds. The number of carbonyl (C=O) groups is 1. The van der Waals surface area contributed by atoms with E-state index >= 15 is 0 Å². The molecule has 0 unspecified atom stereocenters. The van der Waals surface area contributed by atoms with Crippen molar-refractivity contribution in [3.63, 3.8) is 0 Å². The zero-order valence-corrected chi connectivity index (χ0v) is 11.6. The molecule has 1 fully saturated rings. The van der Waals surface area contributed by atoms with Gasteiger partial charge in [-0.3, -0.25) is 14.4 Å². The van der Waals surface area contributed by atoms with E-state index in [4.69, 9.17) is 0 Å². The highest BCUT2D eigenvalue weighted by Gasteiger charge is 2.21. The normalized spacial score (nSPS) is 17.2. The monoisotopic (exact) mass is 262 g/mol. The molecule has 19 heavy (non-hydrogen) atoms. The van der Waals surface area contributed by atoms with Gasteiger partial charge in [0.15, 0.2) is 0 Å². The molecule has 1 aromatic heterocycles. The van der Waals surface area contributed by atoms with Crippen molar-refractivity contribution in [1.29, 1.82) is 0 Å². The predicted octanol–water partition coefficient (Wildman–Crippen LogP) is 1.24. The van der Waals surface area contributed by atoms with Gasteiger partial charge in [0, 0.05) is 45.5 Å². The van der Waals surface area contributed by atoms with Crippen LogP contribution >= 0.6 is 0 Å². The maximum Gasteiger partial charge on any atom is 0.274 e. The van der Waals surface area contributed by atoms with Crippen molar-refractivity contribution in [2.75, 3.05) is 32.7 Å². The highest BCUT2D eigenvalue weighted by Crippen LogP contribution is 2.08. The van der Waals surface area contributed by atoms with Gasteiger partial charge >= 0.3 is 0 Å². The molecule has 1 aliphatic heterocycles. The second kappa shape index (κ2) is 6.52. The van der Waals surface area contributed by atoms with E-state index in [1.165, 1.54) is 0 Å². The van der Waals surface area contributed by atoms with E-state index in [1.54, 1.807) is 10.7 Å². The van der Waals surface area contributed by atoms with Crippen molar-refractivity contribution in [3.8, 4) is 0 Å². The third-order valence-electron chi connectivity index (χ3n) is 3.45. The Morgan fingerprint density at radius 3 is 2.95 bits per heavy atom. The lowest BCUT2D eigenvalue weighted by Crippen LogP contribution is -2.35. The topological polar surface area (TPSA) is 41.4 Å². The van der Waals surface area contributed by atoms with Crippen molar-refractivity contribution in [3.05, 3.63) is 30.6 Å². The van der Waals surface area contributed by atoms with Crippen molar-refractivity contribution < 1.29 is 4.79 Å². The minimum atomic E-state index is 0.0488. The third kappa shape index (κ3) is 3.44. The maximum absolute atomic E-state index is 12.4. The van der Waals surface area contributed by atoms with Crippen molar-refractivity contribution in [2.45, 2.75) is 19.9 Å². The first-order chi connectivity index (χ1) is 9.24. The summed E-state index contributed by atoms with van der Waals surface area (Å²) in [5.41, 5.74) is 0.555. The van der Waals surface area contributed by atoms with E-state index in [9.17, 15) is 4.79 Å². The van der Waals surface area contributed by atoms with E-state index in [1.807, 2.05) is 24.1 Å². The largest absolute Gasteiger partial charge is 0.336 e. The Hall–Kier alpha value is -1.62. The number of amides is 1. The summed E-state index contributed by atoms with van der Waals surface area (Å²) in [6.45, 7) is 11.0. The van der Waals surface area contributed by atoms with Gasteiger partial charge in [-0.25, -0.2) is 0 Å². The van der Waals surface area contributed by atoms with Crippen LogP contribution in [0.5, 0.6) is 0 Å². The Kier molecular flexibility index (Phi) is 4.74. The fraction of sp³-hybridized carbons (Fsp3) is 0.571. The number of aryl methyl sites for hydroxylation is 1. The molecule has 1 aromatic rings. The van der Waals surface area contributed by atoms with Gasteiger partial charge in [-0.05, 0) is 19.4 Å². The van der Waals surface area contributed by atoms with Crippen LogP contribution in [-0.4, -0.2) is 58.2 Å². The Morgan fingerprint density at radius 1 is 1.42 bits per heavy atom. The Labute approximate surface area is 114 Å². The van der Waals surface area contributed by atoms with Crippen LogP contribution in [0.4, 0.5) is 0 Å². The van der Waals surface area contributed by atoms with Gasteiger partial charge < -0.3 is 4.90 Å². The second-order valence-electron chi connectivity index (χ2n) is 4.79. The molecule has 0 spiro atoms. The number of aromatic nitrogens is 2. The van der Waals surface area contributed by atoms with Crippen molar-refractivity contribution >= 4 is 5.91 Å². The number of hydrogen-bond donors (Lipinski definition) is 0. The molecule has 0 atom stereocenters. The van der Waals surface area contributed by atoms with Crippen molar-refractivity contribution in [2.24, 2.45) is 0 Å². The lowest BCUT2D eigenvalue weighted by atomic mass is 10.3. The maximum atomic E-state index is 12.4. The summed E-state index contributed by atoms with van der Waals surface area (Å²) in [6, 6.07) is 1.80. The summed E-state index contributed by atoms with van der Waals surface area (Å²) in [5, 5.41) is 4.29. The SMILES string of the molecule is C=CCN1CCCN(C(=O)c2ccn(CC)n2)CC1. The van der Waals surface area contributed by atoms with Crippen LogP contribution < -0.4 is 0 Å². The van der Waals surface area contributed by atoms with E-state index in [-0.39, 0.29) is 5.91 Å². The van der Waals surface area contributed by atoms with Gasteiger partial charge in [0.1, 0.15) is 5.69 Å². The average molecular weight is 262 g/mol. The van der Waals surface area contributed by atoms with Crippen LogP contribution in [0.3, 0.4) is 0 Å². The van der Waals surface area contributed by atoms with Crippen LogP contribution in [0, 0.1) is 0 Å². The number of hydrogen-bond acceptors (Lipinski definition) is 3. The summed E-state index contributed by atoms with van der Waals surface area (Å²) < 4.78 is 1.79. The summed E-state index contributed by atoms with van der Waals surface area (Å²) >= 11 is 0. The van der Waals surface area contributed by atoms with Gasteiger partial charge in [0.05, 0.1) is 0 Å². The first-order valence-electron chi connectivity index (χ1n) is 6.90. The van der Waals surface area contributed by atoms with Crippen LogP contribution in [-0.2, 0) is 6.54 Å². The van der Waals surface area contributed by atoms with Crippen molar-refractivity contribution in [1.82, 2.24) is 19.6 Å². The quantitative estimate of drug-likeness (QED) is 0.767. The van der Waals surface area contributed by atoms with Gasteiger partial charge in [0.2, 0.25) is 0 Å². The van der Waals surface area contributed by atoms with Crippen LogP contribution in [0.1, 0.15) is 23.8 Å². The third-order valence-corrected chi connectivity index (χ3v) is 3.45. The van der Waals surface area contributed by atoms with Crippen LogP contribution in [0.15, 0.2) is 24.9 Å². The number of carbonyl (C=O) groups excluding carboxylic acids is 1. The lowest BCUT2D eigenvalue weighted by Gasteiger charge is -2.20. The molecule has 5 nitrogen and oxygen atoms in total. The zero-order chi connectivity index (χ0) is 13.7. The molecule has 0 saturated carbocycles. The van der Waals surface area contributed by atoms with Gasteiger partial charge in [-0.2, -0.15) is 5.10 Å². The predicted molar refractivity (Wildman–Crippen MR) is 75.1 cm³/mol. The summed E-state index contributed by atoms with van der Waals surface area (Å²) in [5.74, 6) is 0.0488. The Morgan fingerprint density at radius 2 is 2.26 bits per heavy atom. The second-order valence-corrected chi connectivity index (χ2v) is 4.79. The average Bonchev–Trinajstić information content (AvgIpc) is 2.79. The summed E-state index contributed by atoms with van der Waals surface area (Å²) in [4.78, 5) is 16.6. The lowest BCUT2D eigenvalue weighted by molar-refractivity contribution is 0.0755. The molecule has 0 bridgehead atoms. The zero-order valence-electron chi connectivity index (χ0n) is 11.6. The van der Waals surface area contributed by atoms with E-state index in [2.05, 4.69) is 16.6 Å². The van der Waals surface area contributed by atoms with Gasteiger partial charge in [-0.1, -0.05) is 6.08 Å². The number of nitrogens with zero attached hydrogens (tertiary/aromatic N) is 4. The summed E-state index contributed by atoms with van der Waals surface area (Å²) in [6.07, 6.45) is 4.78. The smallest absolute Gasteiger partial charge is 0.274 e. The van der Waals surface area contributed by atoms with E-state index in [0.717, 1.165) is 45.7 Å². The molecule has 2 rings (SSSR count). The fourth-order valence-electron chi connectivity index (χ4n) is 2.35. The van der Waals surface area contributed by atoms with E-state index in [0.29, 0.717) is 5.69 Å². The number of rotatable bonds is 4. The minimum absolute atomic E-state index is 0.0488. The van der Waals surface area contributed by atoms with Crippen LogP contribution in [0.25, 0.3) is 0 Å². The molecule has 1 aliphatic rings. The molecular weight excluding hydrogens is 240 g/mol. The Balaban J connectivity index is 1.97.